The maximum Gasteiger partial charge on any atom is 1.00 e. The van der Waals surface area contributed by atoms with Crippen molar-refractivity contribution in [2.45, 2.75) is 25.0 Å². The van der Waals surface area contributed by atoms with E-state index in [0.717, 1.165) is 12.8 Å². The summed E-state index contributed by atoms with van der Waals surface area (Å²) in [5, 5.41) is 9.87. The van der Waals surface area contributed by atoms with Crippen LogP contribution in [0.1, 0.15) is 12.8 Å². The van der Waals surface area contributed by atoms with E-state index >= 15 is 0 Å². The Morgan fingerprint density at radius 1 is 1.19 bits per heavy atom. The molecule has 3 aliphatic rings. The van der Waals surface area contributed by atoms with E-state index in [1.807, 2.05) is 0 Å². The van der Waals surface area contributed by atoms with E-state index in [-0.39, 0.29) is 63.3 Å². The van der Waals surface area contributed by atoms with Crippen molar-refractivity contribution >= 4 is 6.98 Å². The van der Waals surface area contributed by atoms with Crippen molar-refractivity contribution in [1.29, 1.82) is 0 Å². The summed E-state index contributed by atoms with van der Waals surface area (Å²) in [6, 6.07) is -0.197. The second-order valence-corrected chi connectivity index (χ2v) is 5.30. The van der Waals surface area contributed by atoms with Crippen LogP contribution in [0.2, 0.25) is 0 Å². The van der Waals surface area contributed by atoms with Crippen molar-refractivity contribution in [3.63, 3.8) is 0 Å². The zero-order chi connectivity index (χ0) is 10.8. The maximum absolute atomic E-state index is 12.4. The second-order valence-electron chi connectivity index (χ2n) is 5.30. The van der Waals surface area contributed by atoms with Crippen molar-refractivity contribution in [2.24, 2.45) is 17.8 Å². The molecule has 16 heavy (non-hydrogen) atoms. The summed E-state index contributed by atoms with van der Waals surface area (Å²) in [6.45, 7) is -4.21. The van der Waals surface area contributed by atoms with Gasteiger partial charge in [-0.2, -0.15) is 0 Å². The fourth-order valence-corrected chi connectivity index (χ4v) is 4.01. The summed E-state index contributed by atoms with van der Waals surface area (Å²) in [7, 11) is 0. The molecule has 5 unspecified atom stereocenters. The third kappa shape index (κ3) is 2.17. The van der Waals surface area contributed by atoms with Gasteiger partial charge in [0.05, 0.1) is 6.10 Å². The Morgan fingerprint density at radius 2 is 1.88 bits per heavy atom. The van der Waals surface area contributed by atoms with E-state index in [1.54, 1.807) is 0 Å². The first-order valence-electron chi connectivity index (χ1n) is 5.59. The van der Waals surface area contributed by atoms with Crippen LogP contribution in [0.15, 0.2) is 0 Å². The maximum atomic E-state index is 12.4. The molecule has 1 aliphatic heterocycles. The van der Waals surface area contributed by atoms with Crippen LogP contribution in [0.5, 0.6) is 0 Å². The van der Waals surface area contributed by atoms with Gasteiger partial charge in [0.15, 0.2) is 0 Å². The number of aliphatic hydroxyl groups excluding tert-OH is 1. The van der Waals surface area contributed by atoms with Gasteiger partial charge in [-0.15, -0.1) is 0 Å². The molecular formula is C9H14BF3KNO. The number of aliphatic hydroxyl groups is 1. The molecule has 7 heteroatoms. The van der Waals surface area contributed by atoms with Gasteiger partial charge in [-0.05, 0) is 43.6 Å². The van der Waals surface area contributed by atoms with Crippen molar-refractivity contribution < 1.29 is 69.4 Å². The zero-order valence-corrected chi connectivity index (χ0v) is 12.4. The van der Waals surface area contributed by atoms with Crippen LogP contribution < -0.4 is 51.4 Å². The van der Waals surface area contributed by atoms with E-state index in [0.29, 0.717) is 18.4 Å². The molecule has 1 saturated heterocycles. The number of nitrogens with zero attached hydrogens (tertiary/aromatic N) is 1. The Bertz CT molecular complexity index is 288. The van der Waals surface area contributed by atoms with Crippen LogP contribution >= 0.6 is 0 Å². The second kappa shape index (κ2) is 4.51. The average molecular weight is 259 g/mol. The summed E-state index contributed by atoms with van der Waals surface area (Å²) in [5.74, 6) is 1.03. The quantitative estimate of drug-likeness (QED) is 0.584. The molecule has 86 valence electrons. The first-order valence-corrected chi connectivity index (χ1v) is 5.59. The average Bonchev–Trinajstić information content (AvgIpc) is 2.61. The fourth-order valence-electron chi connectivity index (χ4n) is 4.01. The van der Waals surface area contributed by atoms with Gasteiger partial charge in [0.1, 0.15) is 0 Å². The number of halogens is 3. The predicted molar refractivity (Wildman–Crippen MR) is 50.1 cm³/mol. The van der Waals surface area contributed by atoms with Gasteiger partial charge in [0, 0.05) is 6.04 Å². The molecule has 2 nitrogen and oxygen atoms in total. The minimum absolute atomic E-state index is 0. The minimum atomic E-state index is -4.75. The molecule has 3 fully saturated rings. The smallest absolute Gasteiger partial charge is 0.448 e. The Morgan fingerprint density at radius 3 is 2.44 bits per heavy atom. The molecule has 0 radical (unpaired) electrons. The summed E-state index contributed by atoms with van der Waals surface area (Å²) >= 11 is 0. The van der Waals surface area contributed by atoms with Crippen LogP contribution in [0.3, 0.4) is 0 Å². The molecule has 0 spiro atoms. The molecule has 1 heterocycles. The molecular weight excluding hydrogens is 245 g/mol. The third-order valence-corrected chi connectivity index (χ3v) is 4.39. The van der Waals surface area contributed by atoms with E-state index in [2.05, 4.69) is 0 Å². The predicted octanol–water partition coefficient (Wildman–Crippen LogP) is -1.92. The number of rotatable bonds is 2. The summed E-state index contributed by atoms with van der Waals surface area (Å²) < 4.78 is 37.1. The Balaban J connectivity index is 0.000000963. The first kappa shape index (κ1) is 13.8. The zero-order valence-electron chi connectivity index (χ0n) is 9.32. The summed E-state index contributed by atoms with van der Waals surface area (Å²) in [6.07, 6.45) is 0.579. The van der Waals surface area contributed by atoms with Crippen LogP contribution in [-0.4, -0.2) is 42.1 Å². The molecule has 0 aromatic rings. The number of hydrogen-bond acceptors (Lipinski definition) is 2. The topological polar surface area (TPSA) is 23.5 Å². The van der Waals surface area contributed by atoms with E-state index < -0.39 is 19.5 Å². The SMILES string of the molecule is OC1C2CC3CN(C[B-](F)(F)F)C1C3C2.[K+]. The van der Waals surface area contributed by atoms with Crippen LogP contribution in [0.25, 0.3) is 0 Å². The fraction of sp³-hybridized carbons (Fsp3) is 1.00. The molecule has 2 bridgehead atoms. The molecule has 2 saturated carbocycles. The standard InChI is InChI=1S/C9H14BF3NO.K/c11-10(12,13)4-14-3-6-1-5-2-7(6)8(14)9(5)15;/h5-9,15H,1-4H2;/q-1;+1. The molecule has 3 rings (SSSR count). The number of likely N-dealkylation sites (tertiary alicyclic amines) is 1. The van der Waals surface area contributed by atoms with Crippen LogP contribution in [-0.2, 0) is 0 Å². The van der Waals surface area contributed by atoms with Crippen molar-refractivity contribution in [3.8, 4) is 0 Å². The van der Waals surface area contributed by atoms with Gasteiger partial charge >= 0.3 is 58.4 Å². The molecule has 1 N–H and O–H groups in total. The van der Waals surface area contributed by atoms with Crippen molar-refractivity contribution in [1.82, 2.24) is 4.90 Å². The van der Waals surface area contributed by atoms with Gasteiger partial charge in [0.2, 0.25) is 0 Å². The van der Waals surface area contributed by atoms with Crippen molar-refractivity contribution in [2.75, 3.05) is 13.0 Å². The van der Waals surface area contributed by atoms with E-state index in [4.69, 9.17) is 0 Å². The van der Waals surface area contributed by atoms with Crippen LogP contribution in [0.4, 0.5) is 12.9 Å². The first-order chi connectivity index (χ1) is 6.96. The molecule has 5 atom stereocenters. The van der Waals surface area contributed by atoms with Gasteiger partial charge < -0.3 is 23.0 Å². The van der Waals surface area contributed by atoms with E-state index in [9.17, 15) is 18.1 Å². The molecule has 0 aromatic carbocycles. The Hall–Kier alpha value is 1.41. The summed E-state index contributed by atoms with van der Waals surface area (Å²) in [5.41, 5.74) is 0. The minimum Gasteiger partial charge on any atom is -0.448 e. The molecule has 2 aliphatic carbocycles. The van der Waals surface area contributed by atoms with Crippen molar-refractivity contribution in [3.05, 3.63) is 0 Å². The normalized spacial score (nSPS) is 46.1. The third-order valence-electron chi connectivity index (χ3n) is 4.39. The molecule has 0 aromatic heterocycles. The number of hydrogen-bond donors (Lipinski definition) is 1. The van der Waals surface area contributed by atoms with Gasteiger partial charge in [-0.25, -0.2) is 0 Å². The van der Waals surface area contributed by atoms with E-state index in [1.165, 1.54) is 4.90 Å². The van der Waals surface area contributed by atoms with Gasteiger partial charge in [0.25, 0.3) is 0 Å². The monoisotopic (exact) mass is 259 g/mol. The summed E-state index contributed by atoms with van der Waals surface area (Å²) in [4.78, 5) is 1.48. The largest absolute Gasteiger partial charge is 1.00 e. The number of fused-ring (bicyclic) bond motifs is 1. The molecule has 0 amide bonds. The Labute approximate surface area is 135 Å². The van der Waals surface area contributed by atoms with Crippen LogP contribution in [0, 0.1) is 17.8 Å². The van der Waals surface area contributed by atoms with Gasteiger partial charge in [-0.3, -0.25) is 0 Å². The Kier molecular flexibility index (Phi) is 3.90. The van der Waals surface area contributed by atoms with Gasteiger partial charge in [-0.1, -0.05) is 0 Å².